The average Bonchev–Trinajstić information content (AvgIpc) is 2.45. The van der Waals surface area contributed by atoms with Crippen molar-refractivity contribution in [1.29, 1.82) is 0 Å². The molecular formula is C15H25NO3S. The van der Waals surface area contributed by atoms with E-state index in [0.29, 0.717) is 18.9 Å². The van der Waals surface area contributed by atoms with Gasteiger partial charge in [-0.2, -0.15) is 0 Å². The highest BCUT2D eigenvalue weighted by Gasteiger charge is 2.12. The molecule has 0 aliphatic rings. The van der Waals surface area contributed by atoms with Crippen LogP contribution in [0.2, 0.25) is 0 Å². The van der Waals surface area contributed by atoms with E-state index in [2.05, 4.69) is 18.6 Å². The molecule has 1 aromatic rings. The quantitative estimate of drug-likeness (QED) is 0.674. The summed E-state index contributed by atoms with van der Waals surface area (Å²) in [6, 6.07) is 6.58. The third-order valence-corrected chi connectivity index (χ3v) is 4.45. The van der Waals surface area contributed by atoms with Gasteiger partial charge in [-0.1, -0.05) is 33.1 Å². The van der Waals surface area contributed by atoms with Crippen LogP contribution in [0.1, 0.15) is 46.0 Å². The summed E-state index contributed by atoms with van der Waals surface area (Å²) >= 11 is 0. The number of sulfonamides is 1. The van der Waals surface area contributed by atoms with Gasteiger partial charge in [0.2, 0.25) is 10.0 Å². The summed E-state index contributed by atoms with van der Waals surface area (Å²) in [7, 11) is -3.39. The van der Waals surface area contributed by atoms with Gasteiger partial charge in [-0.05, 0) is 37.1 Å². The van der Waals surface area contributed by atoms with Crippen LogP contribution in [0.4, 0.5) is 0 Å². The predicted molar refractivity (Wildman–Crippen MR) is 81.6 cm³/mol. The van der Waals surface area contributed by atoms with Gasteiger partial charge in [0.05, 0.1) is 11.5 Å². The van der Waals surface area contributed by atoms with E-state index in [4.69, 9.17) is 4.74 Å². The monoisotopic (exact) mass is 299 g/mol. The van der Waals surface area contributed by atoms with Crippen LogP contribution < -0.4 is 9.46 Å². The highest BCUT2D eigenvalue weighted by Crippen LogP contribution is 2.16. The number of nitrogens with one attached hydrogen (secondary N) is 1. The number of hydrogen-bond donors (Lipinski definition) is 1. The lowest BCUT2D eigenvalue weighted by atomic mass is 10.3. The van der Waals surface area contributed by atoms with Gasteiger partial charge in [0, 0.05) is 6.54 Å². The first-order valence-corrected chi connectivity index (χ1v) is 8.81. The maximum Gasteiger partial charge on any atom is 0.240 e. The van der Waals surface area contributed by atoms with Gasteiger partial charge in [0.1, 0.15) is 5.75 Å². The molecule has 0 heterocycles. The van der Waals surface area contributed by atoms with Gasteiger partial charge in [-0.25, -0.2) is 13.1 Å². The Balaban J connectivity index is 2.53. The van der Waals surface area contributed by atoms with Crippen LogP contribution in [0.25, 0.3) is 0 Å². The molecule has 0 atom stereocenters. The van der Waals surface area contributed by atoms with Crippen molar-refractivity contribution in [2.24, 2.45) is 0 Å². The van der Waals surface area contributed by atoms with Gasteiger partial charge < -0.3 is 4.74 Å². The van der Waals surface area contributed by atoms with Crippen molar-refractivity contribution in [2.75, 3.05) is 13.2 Å². The molecule has 114 valence electrons. The largest absolute Gasteiger partial charge is 0.494 e. The number of ether oxygens (including phenoxy) is 1. The fraction of sp³-hybridized carbons (Fsp3) is 0.600. The molecule has 1 N–H and O–H groups in total. The van der Waals surface area contributed by atoms with Gasteiger partial charge in [0.25, 0.3) is 0 Å². The van der Waals surface area contributed by atoms with E-state index in [9.17, 15) is 8.42 Å². The molecule has 0 saturated carbocycles. The molecule has 0 amide bonds. The first kappa shape index (κ1) is 17.0. The fourth-order valence-corrected chi connectivity index (χ4v) is 2.79. The highest BCUT2D eigenvalue weighted by molar-refractivity contribution is 7.89. The Kier molecular flexibility index (Phi) is 7.62. The summed E-state index contributed by atoms with van der Waals surface area (Å²) in [6.45, 7) is 5.35. The van der Waals surface area contributed by atoms with Crippen LogP contribution in [-0.2, 0) is 10.0 Å². The van der Waals surface area contributed by atoms with Crippen LogP contribution in [-0.4, -0.2) is 21.6 Å². The Morgan fingerprint density at radius 1 is 1.00 bits per heavy atom. The average molecular weight is 299 g/mol. The second-order valence-electron chi connectivity index (χ2n) is 4.78. The number of rotatable bonds is 10. The molecular weight excluding hydrogens is 274 g/mol. The number of benzene rings is 1. The van der Waals surface area contributed by atoms with Crippen LogP contribution in [0.5, 0.6) is 5.75 Å². The smallest absolute Gasteiger partial charge is 0.240 e. The van der Waals surface area contributed by atoms with Crippen molar-refractivity contribution in [3.63, 3.8) is 0 Å². The Labute approximate surface area is 122 Å². The Morgan fingerprint density at radius 3 is 2.25 bits per heavy atom. The van der Waals surface area contributed by atoms with Crippen LogP contribution in [0, 0.1) is 0 Å². The molecule has 0 radical (unpaired) electrons. The maximum absolute atomic E-state index is 12.0. The van der Waals surface area contributed by atoms with Crippen molar-refractivity contribution >= 4 is 10.0 Å². The second kappa shape index (κ2) is 8.97. The summed E-state index contributed by atoms with van der Waals surface area (Å²) in [4.78, 5) is 0.289. The maximum atomic E-state index is 12.0. The molecule has 0 aromatic heterocycles. The van der Waals surface area contributed by atoms with E-state index >= 15 is 0 Å². The van der Waals surface area contributed by atoms with Crippen molar-refractivity contribution in [2.45, 2.75) is 50.8 Å². The van der Waals surface area contributed by atoms with E-state index in [1.807, 2.05) is 0 Å². The predicted octanol–water partition coefficient (Wildman–Crippen LogP) is 3.33. The van der Waals surface area contributed by atoms with Crippen LogP contribution in [0.15, 0.2) is 29.2 Å². The summed E-state index contributed by atoms with van der Waals surface area (Å²) in [6.07, 6.45) is 5.05. The fourth-order valence-electron chi connectivity index (χ4n) is 1.71. The molecule has 0 aliphatic heterocycles. The lowest BCUT2D eigenvalue weighted by Gasteiger charge is -2.08. The Bertz CT molecular complexity index is 468. The van der Waals surface area contributed by atoms with E-state index in [0.717, 1.165) is 32.1 Å². The third-order valence-electron chi connectivity index (χ3n) is 2.97. The lowest BCUT2D eigenvalue weighted by molar-refractivity contribution is 0.309. The standard InChI is InChI=1S/C15H25NO3S/c1-3-5-7-12-16-20(17,18)15-10-8-14(9-11-15)19-13-6-4-2/h8-11,16H,3-7,12-13H2,1-2H3. The second-order valence-corrected chi connectivity index (χ2v) is 6.55. The minimum Gasteiger partial charge on any atom is -0.494 e. The molecule has 0 bridgehead atoms. The molecule has 0 fully saturated rings. The highest BCUT2D eigenvalue weighted by atomic mass is 32.2. The zero-order valence-electron chi connectivity index (χ0n) is 12.4. The zero-order chi connectivity index (χ0) is 14.8. The normalized spacial score (nSPS) is 11.5. The van der Waals surface area contributed by atoms with Gasteiger partial charge in [-0.15, -0.1) is 0 Å². The molecule has 0 spiro atoms. The first-order chi connectivity index (χ1) is 9.60. The van der Waals surface area contributed by atoms with Crippen molar-refractivity contribution < 1.29 is 13.2 Å². The van der Waals surface area contributed by atoms with Gasteiger partial charge in [-0.3, -0.25) is 0 Å². The van der Waals surface area contributed by atoms with E-state index in [1.165, 1.54) is 0 Å². The summed E-state index contributed by atoms with van der Waals surface area (Å²) < 4.78 is 32.2. The molecule has 0 saturated heterocycles. The minimum absolute atomic E-state index is 0.289. The summed E-state index contributed by atoms with van der Waals surface area (Å²) in [5, 5.41) is 0. The summed E-state index contributed by atoms with van der Waals surface area (Å²) in [5.74, 6) is 0.711. The van der Waals surface area contributed by atoms with Gasteiger partial charge in [0.15, 0.2) is 0 Å². The number of unbranched alkanes of at least 4 members (excludes halogenated alkanes) is 3. The Morgan fingerprint density at radius 2 is 1.65 bits per heavy atom. The molecule has 0 unspecified atom stereocenters. The van der Waals surface area contributed by atoms with Crippen LogP contribution >= 0.6 is 0 Å². The molecule has 1 aromatic carbocycles. The molecule has 1 rings (SSSR count). The molecule has 4 nitrogen and oxygen atoms in total. The van der Waals surface area contributed by atoms with Crippen molar-refractivity contribution in [3.8, 4) is 5.75 Å². The molecule has 20 heavy (non-hydrogen) atoms. The molecule has 5 heteroatoms. The van der Waals surface area contributed by atoms with E-state index in [-0.39, 0.29) is 4.90 Å². The molecule has 0 aliphatic carbocycles. The topological polar surface area (TPSA) is 55.4 Å². The van der Waals surface area contributed by atoms with Crippen molar-refractivity contribution in [1.82, 2.24) is 4.72 Å². The Hall–Kier alpha value is -1.07. The van der Waals surface area contributed by atoms with E-state index in [1.54, 1.807) is 24.3 Å². The lowest BCUT2D eigenvalue weighted by Crippen LogP contribution is -2.24. The number of hydrogen-bond acceptors (Lipinski definition) is 3. The third kappa shape index (κ3) is 5.92. The van der Waals surface area contributed by atoms with E-state index < -0.39 is 10.0 Å². The SMILES string of the molecule is CCCCCNS(=O)(=O)c1ccc(OCCCC)cc1. The zero-order valence-corrected chi connectivity index (χ0v) is 13.2. The van der Waals surface area contributed by atoms with Gasteiger partial charge >= 0.3 is 0 Å². The summed E-state index contributed by atoms with van der Waals surface area (Å²) in [5.41, 5.74) is 0. The first-order valence-electron chi connectivity index (χ1n) is 7.32. The van der Waals surface area contributed by atoms with Crippen molar-refractivity contribution in [3.05, 3.63) is 24.3 Å². The minimum atomic E-state index is -3.39. The van der Waals surface area contributed by atoms with Crippen LogP contribution in [0.3, 0.4) is 0 Å².